The summed E-state index contributed by atoms with van der Waals surface area (Å²) in [5.74, 6) is -1.74. The van der Waals surface area contributed by atoms with E-state index in [2.05, 4.69) is 0 Å². The molecular weight excluding hydrogens is 391 g/mol. The van der Waals surface area contributed by atoms with Crippen LogP contribution in [-0.2, 0) is 13.1 Å². The molecule has 0 aliphatic carbocycles. The first kappa shape index (κ1) is 19.5. The van der Waals surface area contributed by atoms with Crippen molar-refractivity contribution in [3.05, 3.63) is 61.5 Å². The summed E-state index contributed by atoms with van der Waals surface area (Å²) in [6.45, 7) is 4.30. The fourth-order valence-corrected chi connectivity index (χ4v) is 3.39. The number of halogens is 2. The Balaban J connectivity index is 2.00. The predicted molar refractivity (Wildman–Crippen MR) is 103 cm³/mol. The lowest BCUT2D eigenvalue weighted by Crippen LogP contribution is -2.42. The summed E-state index contributed by atoms with van der Waals surface area (Å²) in [7, 11) is 0. The summed E-state index contributed by atoms with van der Waals surface area (Å²) in [6.07, 6.45) is 0. The molecule has 3 rings (SSSR count). The molecule has 0 fully saturated rings. The SMILES string of the molecule is CC(C)C(=O)c1cc(=O)c(O)c2n1CCN(Cc1ccc(Cl)c(Cl)c1)C2=O. The van der Waals surface area contributed by atoms with Crippen molar-refractivity contribution in [2.45, 2.75) is 26.9 Å². The molecule has 142 valence electrons. The monoisotopic (exact) mass is 408 g/mol. The number of aromatic hydroxyl groups is 1. The fourth-order valence-electron chi connectivity index (χ4n) is 3.07. The molecule has 1 aliphatic heterocycles. The summed E-state index contributed by atoms with van der Waals surface area (Å²) in [5, 5.41) is 11.0. The van der Waals surface area contributed by atoms with Gasteiger partial charge in [-0.15, -0.1) is 0 Å². The number of fused-ring (bicyclic) bond motifs is 1. The molecule has 0 saturated heterocycles. The topological polar surface area (TPSA) is 79.6 Å². The number of ketones is 1. The van der Waals surface area contributed by atoms with Gasteiger partial charge in [0.15, 0.2) is 17.2 Å². The van der Waals surface area contributed by atoms with E-state index in [1.54, 1.807) is 32.0 Å². The highest BCUT2D eigenvalue weighted by molar-refractivity contribution is 6.42. The average Bonchev–Trinajstić information content (AvgIpc) is 2.62. The highest BCUT2D eigenvalue weighted by Gasteiger charge is 2.32. The summed E-state index contributed by atoms with van der Waals surface area (Å²) >= 11 is 11.9. The Morgan fingerprint density at radius 3 is 2.48 bits per heavy atom. The van der Waals surface area contributed by atoms with E-state index in [1.165, 1.54) is 9.47 Å². The van der Waals surface area contributed by atoms with Crippen molar-refractivity contribution < 1.29 is 14.7 Å². The van der Waals surface area contributed by atoms with Gasteiger partial charge in [0.2, 0.25) is 5.43 Å². The number of amides is 1. The molecule has 0 spiro atoms. The quantitative estimate of drug-likeness (QED) is 0.786. The molecule has 0 unspecified atom stereocenters. The Morgan fingerprint density at radius 2 is 1.85 bits per heavy atom. The molecular formula is C19H18Cl2N2O4. The normalized spacial score (nSPS) is 13.8. The van der Waals surface area contributed by atoms with Gasteiger partial charge in [0, 0.05) is 31.6 Å². The zero-order chi connectivity index (χ0) is 19.9. The molecule has 1 amide bonds. The van der Waals surface area contributed by atoms with Crippen LogP contribution < -0.4 is 5.43 Å². The molecule has 0 radical (unpaired) electrons. The van der Waals surface area contributed by atoms with Crippen LogP contribution in [0.3, 0.4) is 0 Å². The molecule has 0 bridgehead atoms. The molecule has 2 aromatic rings. The van der Waals surface area contributed by atoms with E-state index in [0.29, 0.717) is 23.1 Å². The van der Waals surface area contributed by atoms with E-state index in [4.69, 9.17) is 23.2 Å². The van der Waals surface area contributed by atoms with Crippen molar-refractivity contribution in [2.75, 3.05) is 6.54 Å². The fraction of sp³-hybridized carbons (Fsp3) is 0.316. The van der Waals surface area contributed by atoms with Gasteiger partial charge >= 0.3 is 0 Å². The zero-order valence-electron chi connectivity index (χ0n) is 14.8. The first-order valence-electron chi connectivity index (χ1n) is 8.45. The Morgan fingerprint density at radius 1 is 1.15 bits per heavy atom. The Kier molecular flexibility index (Phi) is 5.31. The van der Waals surface area contributed by atoms with Gasteiger partial charge in [-0.25, -0.2) is 0 Å². The molecule has 27 heavy (non-hydrogen) atoms. The van der Waals surface area contributed by atoms with E-state index in [0.717, 1.165) is 11.6 Å². The van der Waals surface area contributed by atoms with Gasteiger partial charge in [-0.2, -0.15) is 0 Å². The summed E-state index contributed by atoms with van der Waals surface area (Å²) in [5.41, 5.74) is 0.0144. The van der Waals surface area contributed by atoms with Crippen molar-refractivity contribution in [1.82, 2.24) is 9.47 Å². The van der Waals surface area contributed by atoms with Crippen LogP contribution in [0.4, 0.5) is 0 Å². The molecule has 0 saturated carbocycles. The number of hydrogen-bond donors (Lipinski definition) is 1. The molecule has 1 N–H and O–H groups in total. The highest BCUT2D eigenvalue weighted by atomic mass is 35.5. The van der Waals surface area contributed by atoms with E-state index in [-0.39, 0.29) is 29.6 Å². The van der Waals surface area contributed by atoms with Crippen LogP contribution in [0.25, 0.3) is 0 Å². The zero-order valence-corrected chi connectivity index (χ0v) is 16.3. The molecule has 8 heteroatoms. The van der Waals surface area contributed by atoms with Gasteiger partial charge in [0.25, 0.3) is 5.91 Å². The highest BCUT2D eigenvalue weighted by Crippen LogP contribution is 2.26. The van der Waals surface area contributed by atoms with Crippen molar-refractivity contribution in [2.24, 2.45) is 5.92 Å². The third-order valence-electron chi connectivity index (χ3n) is 4.50. The lowest BCUT2D eigenvalue weighted by atomic mass is 10.0. The molecule has 2 heterocycles. The maximum Gasteiger partial charge on any atom is 0.274 e. The maximum absolute atomic E-state index is 12.9. The molecule has 0 atom stereocenters. The maximum atomic E-state index is 12.9. The van der Waals surface area contributed by atoms with Crippen LogP contribution in [0.1, 0.15) is 40.4 Å². The van der Waals surface area contributed by atoms with Crippen LogP contribution in [-0.4, -0.2) is 32.8 Å². The second-order valence-corrected chi connectivity index (χ2v) is 7.55. The number of Topliss-reactive ketones (excluding diaryl/α,β-unsaturated/α-hetero) is 1. The second-order valence-electron chi connectivity index (χ2n) is 6.74. The Bertz CT molecular complexity index is 998. The largest absolute Gasteiger partial charge is 0.503 e. The van der Waals surface area contributed by atoms with Gasteiger partial charge in [-0.05, 0) is 17.7 Å². The number of pyridine rings is 1. The molecule has 6 nitrogen and oxygen atoms in total. The van der Waals surface area contributed by atoms with Crippen molar-refractivity contribution >= 4 is 34.9 Å². The number of benzene rings is 1. The van der Waals surface area contributed by atoms with Crippen LogP contribution in [0.15, 0.2) is 29.1 Å². The van der Waals surface area contributed by atoms with Crippen molar-refractivity contribution in [3.63, 3.8) is 0 Å². The van der Waals surface area contributed by atoms with E-state index in [1.807, 2.05) is 0 Å². The average molecular weight is 409 g/mol. The minimum atomic E-state index is -0.741. The van der Waals surface area contributed by atoms with E-state index in [9.17, 15) is 19.5 Å². The number of carbonyl (C=O) groups is 2. The summed E-state index contributed by atoms with van der Waals surface area (Å²) in [4.78, 5) is 39.0. The van der Waals surface area contributed by atoms with Gasteiger partial charge in [-0.1, -0.05) is 43.1 Å². The minimum Gasteiger partial charge on any atom is -0.503 e. The van der Waals surface area contributed by atoms with Gasteiger partial charge < -0.3 is 14.6 Å². The number of hydrogen-bond acceptors (Lipinski definition) is 4. The van der Waals surface area contributed by atoms with Gasteiger partial charge in [0.1, 0.15) is 0 Å². The van der Waals surface area contributed by atoms with Crippen LogP contribution >= 0.6 is 23.2 Å². The lowest BCUT2D eigenvalue weighted by Gasteiger charge is -2.31. The van der Waals surface area contributed by atoms with E-state index >= 15 is 0 Å². The lowest BCUT2D eigenvalue weighted by molar-refractivity contribution is 0.0679. The summed E-state index contributed by atoms with van der Waals surface area (Å²) < 4.78 is 1.44. The standard InChI is InChI=1S/C19H18Cl2N2O4/c1-10(2)17(25)14-8-15(24)18(26)16-19(27)22(5-6-23(14)16)9-11-3-4-12(20)13(21)7-11/h3-4,7-8,10,26H,5-6,9H2,1-2H3. The van der Waals surface area contributed by atoms with Gasteiger partial charge in [0.05, 0.1) is 15.7 Å². The van der Waals surface area contributed by atoms with Crippen LogP contribution in [0.5, 0.6) is 5.75 Å². The number of carbonyl (C=O) groups excluding carboxylic acids is 2. The third kappa shape index (κ3) is 3.59. The molecule has 1 aromatic carbocycles. The predicted octanol–water partition coefficient (Wildman–Crippen LogP) is 3.36. The Hall–Kier alpha value is -2.31. The van der Waals surface area contributed by atoms with Gasteiger partial charge in [-0.3, -0.25) is 14.4 Å². The van der Waals surface area contributed by atoms with Crippen molar-refractivity contribution in [1.29, 1.82) is 0 Å². The first-order valence-corrected chi connectivity index (χ1v) is 9.20. The Labute approximate surface area is 165 Å². The molecule has 1 aliphatic rings. The third-order valence-corrected chi connectivity index (χ3v) is 5.24. The number of nitrogens with zero attached hydrogens (tertiary/aromatic N) is 2. The smallest absolute Gasteiger partial charge is 0.274 e. The first-order chi connectivity index (χ1) is 12.7. The van der Waals surface area contributed by atoms with Crippen molar-refractivity contribution in [3.8, 4) is 5.75 Å². The summed E-state index contributed by atoms with van der Waals surface area (Å²) in [6, 6.07) is 6.16. The van der Waals surface area contributed by atoms with Crippen LogP contribution in [0, 0.1) is 5.92 Å². The second kappa shape index (κ2) is 7.37. The number of rotatable bonds is 4. The molecule has 1 aromatic heterocycles. The van der Waals surface area contributed by atoms with Crippen LogP contribution in [0.2, 0.25) is 10.0 Å². The number of aromatic nitrogens is 1. The van der Waals surface area contributed by atoms with E-state index < -0.39 is 17.1 Å². The minimum absolute atomic E-state index is 0.144.